The lowest BCUT2D eigenvalue weighted by atomic mass is 9.84. The Kier molecular flexibility index (Phi) is 7.07. The highest BCUT2D eigenvalue weighted by Gasteiger charge is 2.45. The van der Waals surface area contributed by atoms with Crippen LogP contribution in [0.15, 0.2) is 79.1 Å². The summed E-state index contributed by atoms with van der Waals surface area (Å²) in [5.41, 5.74) is 0.824. The quantitative estimate of drug-likeness (QED) is 0.245. The first kappa shape index (κ1) is 25.9. The van der Waals surface area contributed by atoms with E-state index in [0.29, 0.717) is 23.6 Å². The molecule has 2 heterocycles. The number of fused-ring (bicyclic) bond motifs is 1. The third-order valence-electron chi connectivity index (χ3n) is 6.97. The van der Waals surface area contributed by atoms with Gasteiger partial charge in [-0.05, 0) is 63.6 Å². The Labute approximate surface area is 217 Å². The first-order valence-corrected chi connectivity index (χ1v) is 12.1. The average Bonchev–Trinajstić information content (AvgIpc) is 3.27. The van der Waals surface area contributed by atoms with Crippen molar-refractivity contribution in [1.82, 2.24) is 4.57 Å². The Morgan fingerprint density at radius 2 is 1.65 bits per heavy atom. The Bertz CT molecular complexity index is 1440. The molecule has 0 unspecified atom stereocenters. The number of methoxy groups -OCH3 is 1. The van der Waals surface area contributed by atoms with Crippen LogP contribution in [-0.2, 0) is 28.7 Å². The molecule has 0 saturated heterocycles. The van der Waals surface area contributed by atoms with Gasteiger partial charge in [0.25, 0.3) is 0 Å². The van der Waals surface area contributed by atoms with E-state index >= 15 is 0 Å². The smallest absolute Gasteiger partial charge is 0.354 e. The molecule has 0 amide bonds. The van der Waals surface area contributed by atoms with Gasteiger partial charge in [0.1, 0.15) is 36.3 Å². The van der Waals surface area contributed by atoms with Crippen molar-refractivity contribution < 1.29 is 28.4 Å². The van der Waals surface area contributed by atoms with Crippen molar-refractivity contribution in [2.75, 3.05) is 7.11 Å². The number of nitrogens with zero attached hydrogens (tertiary/aromatic N) is 2. The molecule has 2 aromatic carbocycles. The fourth-order valence-electron chi connectivity index (χ4n) is 4.27. The molecule has 0 aliphatic carbocycles. The van der Waals surface area contributed by atoms with E-state index in [-0.39, 0.29) is 0 Å². The molecule has 7 nitrogen and oxygen atoms in total. The van der Waals surface area contributed by atoms with Crippen molar-refractivity contribution in [3.05, 3.63) is 95.9 Å². The largest absolute Gasteiger partial charge is 0.489 e. The predicted octanol–water partition coefficient (Wildman–Crippen LogP) is 5.20. The van der Waals surface area contributed by atoms with E-state index in [1.807, 2.05) is 94.0 Å². The van der Waals surface area contributed by atoms with E-state index in [1.165, 1.54) is 7.11 Å². The minimum atomic E-state index is -1.00. The van der Waals surface area contributed by atoms with Gasteiger partial charge in [0.15, 0.2) is 12.4 Å². The van der Waals surface area contributed by atoms with Gasteiger partial charge in [-0.3, -0.25) is 0 Å². The van der Waals surface area contributed by atoms with E-state index in [2.05, 4.69) is 0 Å². The van der Waals surface area contributed by atoms with E-state index in [1.54, 1.807) is 29.0 Å². The first-order valence-electron chi connectivity index (χ1n) is 12.1. The lowest BCUT2D eigenvalue weighted by Gasteiger charge is -2.43. The minimum absolute atomic E-state index is 0.359. The van der Waals surface area contributed by atoms with Crippen molar-refractivity contribution >= 4 is 22.8 Å². The highest BCUT2D eigenvalue weighted by Crippen LogP contribution is 2.39. The number of aryl methyl sites for hydroxylation is 1. The molecule has 0 radical (unpaired) electrons. The maximum Gasteiger partial charge on any atom is 0.354 e. The molecule has 0 atom stereocenters. The predicted molar refractivity (Wildman–Crippen MR) is 140 cm³/mol. The first-order chi connectivity index (χ1) is 17.5. The molecule has 37 heavy (non-hydrogen) atoms. The molecule has 4 rings (SSSR count). The molecular formula is C30H33N2O5+. The maximum atomic E-state index is 13.0. The fourth-order valence-corrected chi connectivity index (χ4v) is 4.27. The minimum Gasteiger partial charge on any atom is -0.489 e. The zero-order chi connectivity index (χ0) is 26.8. The Balaban J connectivity index is 1.70. The molecule has 0 fully saturated rings. The normalized spacial score (nSPS) is 11.8. The van der Waals surface area contributed by atoms with Crippen molar-refractivity contribution in [2.24, 2.45) is 7.05 Å². The number of carbonyl (C=O) groups excluding carboxylic acids is 2. The van der Waals surface area contributed by atoms with Gasteiger partial charge >= 0.3 is 11.9 Å². The van der Waals surface area contributed by atoms with Gasteiger partial charge < -0.3 is 18.8 Å². The van der Waals surface area contributed by atoms with Gasteiger partial charge in [-0.1, -0.05) is 30.3 Å². The zero-order valence-corrected chi connectivity index (χ0v) is 22.1. The van der Waals surface area contributed by atoms with E-state index < -0.39 is 23.1 Å². The number of hydrogen-bond donors (Lipinski definition) is 0. The number of rotatable bonds is 8. The van der Waals surface area contributed by atoms with Crippen LogP contribution in [0, 0.1) is 0 Å². The molecule has 2 aromatic heterocycles. The molecule has 4 aromatic rings. The lowest BCUT2D eigenvalue weighted by Crippen LogP contribution is -2.51. The number of hydrogen-bond acceptors (Lipinski definition) is 5. The number of ether oxygens (including phenoxy) is 3. The molecule has 0 N–H and O–H groups in total. The molecule has 7 heteroatoms. The molecular weight excluding hydrogens is 468 g/mol. The van der Waals surface area contributed by atoms with Gasteiger partial charge in [0, 0.05) is 17.0 Å². The summed E-state index contributed by atoms with van der Waals surface area (Å²) < 4.78 is 20.8. The molecule has 192 valence electrons. The van der Waals surface area contributed by atoms with Crippen LogP contribution in [0.2, 0.25) is 0 Å². The fraction of sp³-hybridized carbons (Fsp3) is 0.300. The summed E-state index contributed by atoms with van der Waals surface area (Å²) in [6.07, 6.45) is 3.56. The van der Waals surface area contributed by atoms with Gasteiger partial charge in [-0.15, -0.1) is 0 Å². The van der Waals surface area contributed by atoms with E-state index in [0.717, 1.165) is 16.5 Å². The van der Waals surface area contributed by atoms with Crippen LogP contribution in [0.3, 0.4) is 0 Å². The number of benzene rings is 2. The van der Waals surface area contributed by atoms with Crippen LogP contribution in [0.4, 0.5) is 0 Å². The summed E-state index contributed by atoms with van der Waals surface area (Å²) in [6.45, 7) is 8.01. The topological polar surface area (TPSA) is 70.6 Å². The van der Waals surface area contributed by atoms with Crippen LogP contribution < -0.4 is 9.30 Å². The summed E-state index contributed by atoms with van der Waals surface area (Å²) in [5, 5.41) is 0.816. The molecule has 0 spiro atoms. The van der Waals surface area contributed by atoms with Crippen LogP contribution in [0.25, 0.3) is 10.9 Å². The summed E-state index contributed by atoms with van der Waals surface area (Å²) in [7, 11) is 3.20. The molecule has 0 aliphatic heterocycles. The zero-order valence-electron chi connectivity index (χ0n) is 22.1. The second-order valence-corrected chi connectivity index (χ2v) is 10.1. The van der Waals surface area contributed by atoms with Gasteiger partial charge in [0.05, 0.1) is 12.6 Å². The molecule has 0 saturated carbocycles. The average molecular weight is 502 g/mol. The van der Waals surface area contributed by atoms with Crippen molar-refractivity contribution in [3.63, 3.8) is 0 Å². The number of esters is 2. The lowest BCUT2D eigenvalue weighted by molar-refractivity contribution is -0.671. The SMILES string of the molecule is COC(=O)c1cc2cc(OCc3ccccc3)ccc2n1C(C)(C)C(C)(C)OC(=O)c1ccc[n+](C)c1. The Hall–Kier alpha value is -4.13. The standard InChI is InChI=1S/C30H33N2O5/c1-29(2,30(3,4)37-27(33)22-13-10-16-31(5)19-22)32-25-15-14-24(36-20-21-11-8-7-9-12-21)17-23(25)18-26(32)28(34)35-6/h7-19H,20H2,1-6H3/q+1. The van der Waals surface area contributed by atoms with Crippen molar-refractivity contribution in [2.45, 2.75) is 45.4 Å². The monoisotopic (exact) mass is 501 g/mol. The van der Waals surface area contributed by atoms with Gasteiger partial charge in [0.2, 0.25) is 0 Å². The van der Waals surface area contributed by atoms with Gasteiger partial charge in [-0.25, -0.2) is 14.2 Å². The van der Waals surface area contributed by atoms with Crippen LogP contribution in [-0.4, -0.2) is 29.2 Å². The van der Waals surface area contributed by atoms with Gasteiger partial charge in [-0.2, -0.15) is 0 Å². The molecule has 0 bridgehead atoms. The van der Waals surface area contributed by atoms with E-state index in [4.69, 9.17) is 14.2 Å². The third-order valence-corrected chi connectivity index (χ3v) is 6.97. The third kappa shape index (κ3) is 5.21. The van der Waals surface area contributed by atoms with Crippen LogP contribution in [0.5, 0.6) is 5.75 Å². The number of pyridine rings is 1. The highest BCUT2D eigenvalue weighted by molar-refractivity contribution is 5.96. The van der Waals surface area contributed by atoms with Crippen LogP contribution >= 0.6 is 0 Å². The summed E-state index contributed by atoms with van der Waals surface area (Å²) in [5.74, 6) is -0.236. The summed E-state index contributed by atoms with van der Waals surface area (Å²) in [6, 6.07) is 20.9. The summed E-state index contributed by atoms with van der Waals surface area (Å²) >= 11 is 0. The van der Waals surface area contributed by atoms with Crippen molar-refractivity contribution in [3.8, 4) is 5.75 Å². The van der Waals surface area contributed by atoms with E-state index in [9.17, 15) is 9.59 Å². The van der Waals surface area contributed by atoms with Crippen LogP contribution in [0.1, 0.15) is 54.1 Å². The Morgan fingerprint density at radius 3 is 2.32 bits per heavy atom. The number of aromatic nitrogens is 2. The molecule has 0 aliphatic rings. The Morgan fingerprint density at radius 1 is 0.919 bits per heavy atom. The van der Waals surface area contributed by atoms with Crippen molar-refractivity contribution in [1.29, 1.82) is 0 Å². The second kappa shape index (κ2) is 10.1. The maximum absolute atomic E-state index is 13.0. The second-order valence-electron chi connectivity index (χ2n) is 10.1. The summed E-state index contributed by atoms with van der Waals surface area (Å²) in [4.78, 5) is 25.9. The highest BCUT2D eigenvalue weighted by atomic mass is 16.6. The number of carbonyl (C=O) groups is 2.